The van der Waals surface area contributed by atoms with Crippen LogP contribution in [-0.4, -0.2) is 43.9 Å². The maximum atomic E-state index is 12.9. The fourth-order valence-corrected chi connectivity index (χ4v) is 4.59. The molecule has 2 aliphatic heterocycles. The first-order chi connectivity index (χ1) is 13.3. The van der Waals surface area contributed by atoms with Crippen LogP contribution in [0.2, 0.25) is 0 Å². The molecule has 2 aliphatic rings. The summed E-state index contributed by atoms with van der Waals surface area (Å²) in [5, 5.41) is 9.51. The van der Waals surface area contributed by atoms with Crippen molar-refractivity contribution in [3.8, 4) is 5.69 Å². The van der Waals surface area contributed by atoms with Crippen LogP contribution in [0, 0.1) is 0 Å². The van der Waals surface area contributed by atoms with E-state index in [1.165, 1.54) is 11.3 Å². The average Bonchev–Trinajstić information content (AvgIpc) is 3.47. The minimum absolute atomic E-state index is 0.0108. The molecule has 1 fully saturated rings. The topological polar surface area (TPSA) is 73.1 Å². The van der Waals surface area contributed by atoms with Gasteiger partial charge in [-0.25, -0.2) is 9.67 Å². The Kier molecular flexibility index (Phi) is 4.21. The molecule has 0 spiro atoms. The van der Waals surface area contributed by atoms with Gasteiger partial charge >= 0.3 is 0 Å². The number of fused-ring (bicyclic) bond motifs is 1. The lowest BCUT2D eigenvalue weighted by Crippen LogP contribution is -2.36. The first-order valence-electron chi connectivity index (χ1n) is 9.15. The number of rotatable bonds is 3. The van der Waals surface area contributed by atoms with Gasteiger partial charge in [0.15, 0.2) is 0 Å². The van der Waals surface area contributed by atoms with E-state index in [2.05, 4.69) is 15.3 Å². The summed E-state index contributed by atoms with van der Waals surface area (Å²) in [6, 6.07) is 9.97. The lowest BCUT2D eigenvalue weighted by Gasteiger charge is -2.25. The van der Waals surface area contributed by atoms with E-state index in [9.17, 15) is 4.79 Å². The zero-order chi connectivity index (χ0) is 18.2. The number of carbonyl (C=O) groups excluding carboxylic acids is 1. The van der Waals surface area contributed by atoms with Crippen molar-refractivity contribution in [3.05, 3.63) is 57.8 Å². The van der Waals surface area contributed by atoms with Crippen molar-refractivity contribution in [1.82, 2.24) is 24.9 Å². The SMILES string of the molecule is O=C(c1cnc([C@H]2CCCO2)s1)N1CCc2c(nnn2-c2ccccc2)C1. The Morgan fingerprint density at radius 1 is 1.26 bits per heavy atom. The molecular formula is C19H19N5O2S. The van der Waals surface area contributed by atoms with Crippen molar-refractivity contribution >= 4 is 17.2 Å². The van der Waals surface area contributed by atoms with E-state index in [0.717, 1.165) is 48.0 Å². The van der Waals surface area contributed by atoms with Crippen molar-refractivity contribution in [3.63, 3.8) is 0 Å². The molecule has 7 nitrogen and oxygen atoms in total. The van der Waals surface area contributed by atoms with E-state index in [4.69, 9.17) is 4.74 Å². The van der Waals surface area contributed by atoms with Gasteiger partial charge in [-0.2, -0.15) is 0 Å². The third-order valence-corrected chi connectivity index (χ3v) is 6.11. The van der Waals surface area contributed by atoms with E-state index in [1.807, 2.05) is 39.9 Å². The number of thiazole rings is 1. The fraction of sp³-hybridized carbons (Fsp3) is 0.368. The Bertz CT molecular complexity index is 962. The second-order valence-corrected chi connectivity index (χ2v) is 7.83. The molecule has 0 N–H and O–H groups in total. The Labute approximate surface area is 160 Å². The molecule has 0 radical (unpaired) electrons. The molecule has 8 heteroatoms. The summed E-state index contributed by atoms with van der Waals surface area (Å²) in [5.74, 6) is 0.0108. The second kappa shape index (κ2) is 6.86. The Hall–Kier alpha value is -2.58. The van der Waals surface area contributed by atoms with Gasteiger partial charge in [0.1, 0.15) is 21.7 Å². The monoisotopic (exact) mass is 381 g/mol. The summed E-state index contributed by atoms with van der Waals surface area (Å²) < 4.78 is 7.55. The molecule has 138 valence electrons. The number of benzene rings is 1. The summed E-state index contributed by atoms with van der Waals surface area (Å²) in [4.78, 5) is 19.8. The summed E-state index contributed by atoms with van der Waals surface area (Å²) >= 11 is 1.45. The minimum Gasteiger partial charge on any atom is -0.371 e. The van der Waals surface area contributed by atoms with E-state index in [0.29, 0.717) is 18.0 Å². The molecule has 0 bridgehead atoms. The molecule has 0 aliphatic carbocycles. The van der Waals surface area contributed by atoms with Crippen LogP contribution in [0.1, 0.15) is 45.0 Å². The van der Waals surface area contributed by atoms with Crippen LogP contribution in [0.25, 0.3) is 5.69 Å². The van der Waals surface area contributed by atoms with Crippen molar-refractivity contribution in [1.29, 1.82) is 0 Å². The van der Waals surface area contributed by atoms with Gasteiger partial charge in [-0.1, -0.05) is 23.4 Å². The molecule has 5 rings (SSSR count). The highest BCUT2D eigenvalue weighted by Crippen LogP contribution is 2.32. The lowest BCUT2D eigenvalue weighted by molar-refractivity contribution is 0.0736. The van der Waals surface area contributed by atoms with Crippen LogP contribution in [0.5, 0.6) is 0 Å². The molecule has 1 saturated heterocycles. The van der Waals surface area contributed by atoms with Crippen LogP contribution in [-0.2, 0) is 17.7 Å². The van der Waals surface area contributed by atoms with Gasteiger partial charge < -0.3 is 9.64 Å². The predicted molar refractivity (Wildman–Crippen MR) is 99.8 cm³/mol. The normalized spacial score (nSPS) is 19.3. The summed E-state index contributed by atoms with van der Waals surface area (Å²) in [7, 11) is 0. The van der Waals surface area contributed by atoms with Crippen molar-refractivity contribution in [2.75, 3.05) is 13.2 Å². The van der Waals surface area contributed by atoms with Crippen LogP contribution in [0.3, 0.4) is 0 Å². The Balaban J connectivity index is 1.34. The smallest absolute Gasteiger partial charge is 0.265 e. The second-order valence-electron chi connectivity index (χ2n) is 6.77. The first kappa shape index (κ1) is 16.6. The molecular weight excluding hydrogens is 362 g/mol. The number of aromatic nitrogens is 4. The highest BCUT2D eigenvalue weighted by atomic mass is 32.1. The number of nitrogens with zero attached hydrogens (tertiary/aromatic N) is 5. The van der Waals surface area contributed by atoms with Crippen LogP contribution >= 0.6 is 11.3 Å². The average molecular weight is 381 g/mol. The fourth-order valence-electron chi connectivity index (χ4n) is 3.62. The lowest BCUT2D eigenvalue weighted by atomic mass is 10.1. The highest BCUT2D eigenvalue weighted by Gasteiger charge is 2.29. The van der Waals surface area contributed by atoms with E-state index >= 15 is 0 Å². The molecule has 0 saturated carbocycles. The van der Waals surface area contributed by atoms with Gasteiger partial charge in [-0.05, 0) is 25.0 Å². The molecule has 4 heterocycles. The van der Waals surface area contributed by atoms with Crippen molar-refractivity contribution in [2.45, 2.75) is 31.9 Å². The molecule has 2 aromatic heterocycles. The van der Waals surface area contributed by atoms with Gasteiger partial charge in [-0.15, -0.1) is 16.4 Å². The summed E-state index contributed by atoms with van der Waals surface area (Å²) in [6.45, 7) is 1.91. The zero-order valence-corrected chi connectivity index (χ0v) is 15.6. The molecule has 3 aromatic rings. The van der Waals surface area contributed by atoms with E-state index in [-0.39, 0.29) is 12.0 Å². The minimum atomic E-state index is 0.0108. The van der Waals surface area contributed by atoms with Gasteiger partial charge in [0.05, 0.1) is 24.1 Å². The van der Waals surface area contributed by atoms with Gasteiger partial charge in [-0.3, -0.25) is 4.79 Å². The number of carbonyl (C=O) groups is 1. The molecule has 1 atom stereocenters. The van der Waals surface area contributed by atoms with E-state index in [1.54, 1.807) is 6.20 Å². The van der Waals surface area contributed by atoms with Crippen molar-refractivity contribution < 1.29 is 9.53 Å². The standard InChI is InChI=1S/C19H19N5O2S/c25-19(17-11-20-18(27-17)16-7-4-10-26-16)23-9-8-15-14(12-23)21-22-24(15)13-5-2-1-3-6-13/h1-3,5-6,11,16H,4,7-10,12H2/t16-/m1/s1. The molecule has 1 aromatic carbocycles. The van der Waals surface area contributed by atoms with E-state index < -0.39 is 0 Å². The maximum absolute atomic E-state index is 12.9. The zero-order valence-electron chi connectivity index (χ0n) is 14.7. The maximum Gasteiger partial charge on any atom is 0.265 e. The Morgan fingerprint density at radius 2 is 2.15 bits per heavy atom. The molecule has 0 unspecified atom stereocenters. The van der Waals surface area contributed by atoms with Crippen LogP contribution in [0.15, 0.2) is 36.5 Å². The number of amides is 1. The third kappa shape index (κ3) is 3.04. The Morgan fingerprint density at radius 3 is 2.96 bits per heavy atom. The first-order valence-corrected chi connectivity index (χ1v) is 9.97. The van der Waals surface area contributed by atoms with Crippen LogP contribution in [0.4, 0.5) is 0 Å². The van der Waals surface area contributed by atoms with Crippen molar-refractivity contribution in [2.24, 2.45) is 0 Å². The largest absolute Gasteiger partial charge is 0.371 e. The van der Waals surface area contributed by atoms with Gasteiger partial charge in [0.2, 0.25) is 0 Å². The van der Waals surface area contributed by atoms with Gasteiger partial charge in [0.25, 0.3) is 5.91 Å². The quantitative estimate of drug-likeness (QED) is 0.698. The molecule has 27 heavy (non-hydrogen) atoms. The summed E-state index contributed by atoms with van der Waals surface area (Å²) in [5.41, 5.74) is 2.94. The number of ether oxygens (including phenoxy) is 1. The molecule has 1 amide bonds. The predicted octanol–water partition coefficient (Wildman–Crippen LogP) is 2.77. The van der Waals surface area contributed by atoms with Crippen LogP contribution < -0.4 is 0 Å². The van der Waals surface area contributed by atoms with Gasteiger partial charge in [0, 0.05) is 19.6 Å². The number of hydrogen-bond donors (Lipinski definition) is 0. The summed E-state index contributed by atoms with van der Waals surface area (Å²) in [6.07, 6.45) is 4.51. The highest BCUT2D eigenvalue weighted by molar-refractivity contribution is 7.13. The number of para-hydroxylation sites is 1. The number of hydrogen-bond acceptors (Lipinski definition) is 6. The third-order valence-electron chi connectivity index (χ3n) is 5.03.